The molecule has 1 aliphatic heterocycles. The zero-order chi connectivity index (χ0) is 20.4. The zero-order valence-electron chi connectivity index (χ0n) is 15.8. The Hall–Kier alpha value is -3.13. The lowest BCUT2D eigenvalue weighted by Crippen LogP contribution is -2.37. The van der Waals surface area contributed by atoms with Crippen LogP contribution in [0, 0.1) is 11.6 Å². The molecule has 3 heterocycles. The van der Waals surface area contributed by atoms with Crippen LogP contribution < -0.4 is 9.64 Å². The molecule has 8 heteroatoms. The molecule has 0 spiro atoms. The smallest absolute Gasteiger partial charge is 0.200 e. The van der Waals surface area contributed by atoms with E-state index in [9.17, 15) is 13.9 Å². The lowest BCUT2D eigenvalue weighted by atomic mass is 9.95. The number of ether oxygens (including phenoxy) is 1. The zero-order valence-corrected chi connectivity index (χ0v) is 15.8. The van der Waals surface area contributed by atoms with Crippen molar-refractivity contribution in [2.45, 2.75) is 18.9 Å². The van der Waals surface area contributed by atoms with E-state index in [-0.39, 0.29) is 18.4 Å². The molecule has 0 fully saturated rings. The van der Waals surface area contributed by atoms with Gasteiger partial charge in [-0.05, 0) is 18.6 Å². The Kier molecular flexibility index (Phi) is 5.35. The highest BCUT2D eigenvalue weighted by atomic mass is 19.2. The van der Waals surface area contributed by atoms with E-state index in [1.165, 1.54) is 13.2 Å². The van der Waals surface area contributed by atoms with Gasteiger partial charge in [0.1, 0.15) is 5.69 Å². The summed E-state index contributed by atoms with van der Waals surface area (Å²) in [5.41, 5.74) is 2.89. The molecule has 0 saturated carbocycles. The summed E-state index contributed by atoms with van der Waals surface area (Å²) in [7, 11) is 1.30. The number of halogens is 2. The monoisotopic (exact) mass is 398 g/mol. The van der Waals surface area contributed by atoms with Crippen molar-refractivity contribution in [2.24, 2.45) is 0 Å². The van der Waals surface area contributed by atoms with Crippen LogP contribution in [0.5, 0.6) is 5.75 Å². The number of benzene rings is 1. The first kappa shape index (κ1) is 19.2. The maximum absolute atomic E-state index is 14.1. The van der Waals surface area contributed by atoms with E-state index in [0.717, 1.165) is 17.3 Å². The van der Waals surface area contributed by atoms with Crippen LogP contribution in [0.4, 0.5) is 14.5 Å². The fourth-order valence-corrected chi connectivity index (χ4v) is 3.68. The normalized spacial score (nSPS) is 15.9. The average molecular weight is 398 g/mol. The van der Waals surface area contributed by atoms with Gasteiger partial charge in [-0.15, -0.1) is 0 Å². The van der Waals surface area contributed by atoms with Crippen molar-refractivity contribution >= 4 is 5.69 Å². The van der Waals surface area contributed by atoms with Gasteiger partial charge >= 0.3 is 0 Å². The average Bonchev–Trinajstić information content (AvgIpc) is 2.76. The molecule has 0 amide bonds. The summed E-state index contributed by atoms with van der Waals surface area (Å²) in [5, 5.41) is 9.60. The molecule has 0 aliphatic carbocycles. The van der Waals surface area contributed by atoms with Gasteiger partial charge in [0, 0.05) is 55.3 Å². The van der Waals surface area contributed by atoms with Crippen LogP contribution in [0.25, 0.3) is 11.5 Å². The second-order valence-electron chi connectivity index (χ2n) is 6.73. The number of nitrogens with zero attached hydrogens (tertiary/aromatic N) is 4. The minimum Gasteiger partial charge on any atom is -0.493 e. The van der Waals surface area contributed by atoms with E-state index in [0.29, 0.717) is 36.6 Å². The van der Waals surface area contributed by atoms with Crippen molar-refractivity contribution in [1.29, 1.82) is 0 Å². The Morgan fingerprint density at radius 2 is 2.10 bits per heavy atom. The number of aliphatic hydroxyl groups is 1. The van der Waals surface area contributed by atoms with Crippen molar-refractivity contribution in [3.8, 4) is 17.3 Å². The first-order valence-electron chi connectivity index (χ1n) is 9.30. The predicted molar refractivity (Wildman–Crippen MR) is 104 cm³/mol. The second kappa shape index (κ2) is 8.08. The highest BCUT2D eigenvalue weighted by Gasteiger charge is 2.30. The lowest BCUT2D eigenvalue weighted by molar-refractivity contribution is 0.271. The van der Waals surface area contributed by atoms with Gasteiger partial charge < -0.3 is 14.7 Å². The third kappa shape index (κ3) is 3.63. The van der Waals surface area contributed by atoms with Gasteiger partial charge in [0.2, 0.25) is 5.82 Å². The standard InChI is InChI=1S/C21H20F2N4O2/c1-29-19-11-13(10-15(22)20(19)23)27-8-5-16-14(18(27)6-9-28)12-25-21(26-16)17-4-2-3-7-24-17/h2-4,7,10-12,18,28H,5-6,8-9H2,1H3. The number of anilines is 1. The third-order valence-electron chi connectivity index (χ3n) is 5.05. The van der Waals surface area contributed by atoms with Crippen molar-refractivity contribution in [2.75, 3.05) is 25.2 Å². The van der Waals surface area contributed by atoms with Crippen molar-refractivity contribution in [3.63, 3.8) is 0 Å². The largest absolute Gasteiger partial charge is 0.493 e. The van der Waals surface area contributed by atoms with Gasteiger partial charge in [-0.1, -0.05) is 6.07 Å². The highest BCUT2D eigenvalue weighted by Crippen LogP contribution is 2.37. The molecule has 150 valence electrons. The van der Waals surface area contributed by atoms with Gasteiger partial charge in [0.15, 0.2) is 17.4 Å². The summed E-state index contributed by atoms with van der Waals surface area (Å²) in [5.74, 6) is -1.62. The third-order valence-corrected chi connectivity index (χ3v) is 5.05. The van der Waals surface area contributed by atoms with E-state index in [1.807, 2.05) is 23.1 Å². The number of pyridine rings is 1. The molecule has 29 heavy (non-hydrogen) atoms. The molecule has 3 aromatic rings. The predicted octanol–water partition coefficient (Wildman–Crippen LogP) is 3.31. The Morgan fingerprint density at radius 1 is 1.24 bits per heavy atom. The molecule has 0 saturated heterocycles. The molecule has 1 aromatic carbocycles. The maximum Gasteiger partial charge on any atom is 0.200 e. The summed E-state index contributed by atoms with van der Waals surface area (Å²) >= 11 is 0. The van der Waals surface area contributed by atoms with Crippen LogP contribution >= 0.6 is 0 Å². The minimum atomic E-state index is -1.02. The summed E-state index contributed by atoms with van der Waals surface area (Å²) in [6, 6.07) is 7.89. The fourth-order valence-electron chi connectivity index (χ4n) is 3.68. The number of fused-ring (bicyclic) bond motifs is 1. The van der Waals surface area contributed by atoms with Crippen LogP contribution in [-0.2, 0) is 6.42 Å². The minimum absolute atomic E-state index is 0.0661. The molecule has 4 rings (SSSR count). The quantitative estimate of drug-likeness (QED) is 0.711. The van der Waals surface area contributed by atoms with Crippen LogP contribution in [0.2, 0.25) is 0 Å². The van der Waals surface area contributed by atoms with Crippen molar-refractivity contribution in [1.82, 2.24) is 15.0 Å². The molecule has 1 unspecified atom stereocenters. The Bertz CT molecular complexity index is 1020. The number of methoxy groups -OCH3 is 1. The maximum atomic E-state index is 14.1. The Labute approximate surface area is 166 Å². The summed E-state index contributed by atoms with van der Waals surface area (Å²) < 4.78 is 32.9. The SMILES string of the molecule is COc1cc(N2CCc3nc(-c4ccccn4)ncc3C2CCO)cc(F)c1F. The molecular formula is C21H20F2N4O2. The summed E-state index contributed by atoms with van der Waals surface area (Å²) in [4.78, 5) is 15.3. The molecule has 2 aromatic heterocycles. The Morgan fingerprint density at radius 3 is 2.83 bits per heavy atom. The lowest BCUT2D eigenvalue weighted by Gasteiger charge is -2.38. The molecule has 1 atom stereocenters. The second-order valence-corrected chi connectivity index (χ2v) is 6.73. The molecule has 0 radical (unpaired) electrons. The van der Waals surface area contributed by atoms with Crippen LogP contribution in [-0.4, -0.2) is 40.3 Å². The molecule has 6 nitrogen and oxygen atoms in total. The van der Waals surface area contributed by atoms with Gasteiger partial charge in [-0.25, -0.2) is 14.4 Å². The number of aliphatic hydroxyl groups excluding tert-OH is 1. The van der Waals surface area contributed by atoms with Gasteiger partial charge in [-0.3, -0.25) is 4.98 Å². The van der Waals surface area contributed by atoms with Crippen molar-refractivity contribution in [3.05, 3.63) is 65.6 Å². The summed E-state index contributed by atoms with van der Waals surface area (Å²) in [6.07, 6.45) is 4.42. The van der Waals surface area contributed by atoms with E-state index in [1.54, 1.807) is 12.4 Å². The van der Waals surface area contributed by atoms with Crippen molar-refractivity contribution < 1.29 is 18.6 Å². The van der Waals surface area contributed by atoms with Crippen LogP contribution in [0.1, 0.15) is 23.7 Å². The Balaban J connectivity index is 1.73. The number of hydrogen-bond acceptors (Lipinski definition) is 6. The number of rotatable bonds is 5. The van der Waals surface area contributed by atoms with E-state index in [2.05, 4.69) is 15.0 Å². The number of aromatic nitrogens is 3. The first-order valence-corrected chi connectivity index (χ1v) is 9.30. The molecule has 0 bridgehead atoms. The van der Waals surface area contributed by atoms with Crippen LogP contribution in [0.15, 0.2) is 42.7 Å². The van der Waals surface area contributed by atoms with Gasteiger partial charge in [0.25, 0.3) is 0 Å². The highest BCUT2D eigenvalue weighted by molar-refractivity contribution is 5.56. The van der Waals surface area contributed by atoms with E-state index < -0.39 is 11.6 Å². The topological polar surface area (TPSA) is 71.4 Å². The molecular weight excluding hydrogens is 378 g/mol. The van der Waals surface area contributed by atoms with E-state index in [4.69, 9.17) is 4.74 Å². The number of hydrogen-bond donors (Lipinski definition) is 1. The van der Waals surface area contributed by atoms with Gasteiger partial charge in [-0.2, -0.15) is 4.39 Å². The van der Waals surface area contributed by atoms with Crippen LogP contribution in [0.3, 0.4) is 0 Å². The van der Waals surface area contributed by atoms with Gasteiger partial charge in [0.05, 0.1) is 18.8 Å². The summed E-state index contributed by atoms with van der Waals surface area (Å²) in [6.45, 7) is 0.466. The molecule has 1 aliphatic rings. The molecule has 1 N–H and O–H groups in total. The fraction of sp³-hybridized carbons (Fsp3) is 0.286. The first-order chi connectivity index (χ1) is 14.1. The van der Waals surface area contributed by atoms with E-state index >= 15 is 0 Å².